The molecule has 3 N–H and O–H groups in total. The van der Waals surface area contributed by atoms with Crippen LogP contribution in [0.4, 0.5) is 10.5 Å². The van der Waals surface area contributed by atoms with Crippen molar-refractivity contribution in [3.8, 4) is 0 Å². The van der Waals surface area contributed by atoms with Gasteiger partial charge in [-0.3, -0.25) is 5.32 Å². The van der Waals surface area contributed by atoms with E-state index in [0.29, 0.717) is 20.9 Å². The summed E-state index contributed by atoms with van der Waals surface area (Å²) in [7, 11) is -3.84. The fourth-order valence-electron chi connectivity index (χ4n) is 2.05. The topological polar surface area (TPSA) is 98.5 Å². The van der Waals surface area contributed by atoms with Gasteiger partial charge in [-0.2, -0.15) is 0 Å². The first-order valence-corrected chi connectivity index (χ1v) is 9.07. The first-order chi connectivity index (χ1) is 10.5. The number of primary sulfonamides is 1. The lowest BCUT2D eigenvalue weighted by atomic mass is 10.1. The normalized spacial score (nSPS) is 12.2. The lowest BCUT2D eigenvalue weighted by Gasteiger charge is -2.20. The van der Waals surface area contributed by atoms with Crippen molar-refractivity contribution in [1.29, 1.82) is 0 Å². The summed E-state index contributed by atoms with van der Waals surface area (Å²) < 4.78 is 29.0. The molecule has 0 saturated heterocycles. The van der Waals surface area contributed by atoms with Gasteiger partial charge in [0.05, 0.1) is 10.6 Å². The van der Waals surface area contributed by atoms with Crippen molar-refractivity contribution in [3.63, 3.8) is 0 Å². The maximum Gasteiger partial charge on any atom is 0.412 e. The minimum absolute atomic E-state index is 0.0273. The molecule has 0 saturated carbocycles. The number of sulfonamides is 1. The number of rotatable bonds is 2. The lowest BCUT2D eigenvalue weighted by Crippen LogP contribution is -2.27. The van der Waals surface area contributed by atoms with Crippen LogP contribution >= 0.6 is 15.9 Å². The van der Waals surface area contributed by atoms with Gasteiger partial charge in [-0.15, -0.1) is 0 Å². The molecule has 0 bridgehead atoms. The maximum absolute atomic E-state index is 11.9. The second-order valence-corrected chi connectivity index (χ2v) is 8.27. The molecule has 2 rings (SSSR count). The third kappa shape index (κ3) is 4.21. The molecule has 0 unspecified atom stereocenters. The highest BCUT2D eigenvalue weighted by molar-refractivity contribution is 9.10. The first kappa shape index (κ1) is 17.7. The van der Waals surface area contributed by atoms with Crippen LogP contribution in [0.5, 0.6) is 0 Å². The standard InChI is InChI=1S/C15H17BrN2O4S/c1-15(2,3)22-14(19)18-11-8-7-9-10(13(11)16)5-4-6-12(9)23(17,20)21/h4-8H,1-3H3,(H,18,19)(H2,17,20,21). The van der Waals surface area contributed by atoms with Crippen LogP contribution in [0.2, 0.25) is 0 Å². The van der Waals surface area contributed by atoms with Gasteiger partial charge in [0.1, 0.15) is 5.60 Å². The molecule has 1 amide bonds. The van der Waals surface area contributed by atoms with Crippen LogP contribution in [-0.4, -0.2) is 20.1 Å². The van der Waals surface area contributed by atoms with Gasteiger partial charge in [0.15, 0.2) is 0 Å². The van der Waals surface area contributed by atoms with Crippen molar-refractivity contribution in [1.82, 2.24) is 0 Å². The molecule has 0 atom stereocenters. The zero-order chi connectivity index (χ0) is 17.4. The number of ether oxygens (including phenoxy) is 1. The number of fused-ring (bicyclic) bond motifs is 1. The highest BCUT2D eigenvalue weighted by Gasteiger charge is 2.19. The number of nitrogens with two attached hydrogens (primary N) is 1. The molecule has 6 nitrogen and oxygen atoms in total. The fraction of sp³-hybridized carbons (Fsp3) is 0.267. The Bertz CT molecular complexity index is 873. The summed E-state index contributed by atoms with van der Waals surface area (Å²) in [5, 5.41) is 8.94. The zero-order valence-corrected chi connectivity index (χ0v) is 15.3. The van der Waals surface area contributed by atoms with Crippen molar-refractivity contribution < 1.29 is 17.9 Å². The summed E-state index contributed by atoms with van der Waals surface area (Å²) in [6.45, 7) is 5.29. The minimum Gasteiger partial charge on any atom is -0.444 e. The van der Waals surface area contributed by atoms with E-state index in [1.54, 1.807) is 45.0 Å². The summed E-state index contributed by atoms with van der Waals surface area (Å²) in [4.78, 5) is 11.9. The monoisotopic (exact) mass is 400 g/mol. The van der Waals surface area contributed by atoms with Crippen molar-refractivity contribution in [2.75, 3.05) is 5.32 Å². The molecule has 0 fully saturated rings. The molecule has 23 heavy (non-hydrogen) atoms. The van der Waals surface area contributed by atoms with Gasteiger partial charge in [-0.05, 0) is 54.2 Å². The summed E-state index contributed by atoms with van der Waals surface area (Å²) >= 11 is 3.38. The van der Waals surface area contributed by atoms with Gasteiger partial charge in [0.25, 0.3) is 0 Å². The van der Waals surface area contributed by atoms with E-state index in [4.69, 9.17) is 9.88 Å². The summed E-state index contributed by atoms with van der Waals surface area (Å²) in [6.07, 6.45) is -0.597. The quantitative estimate of drug-likeness (QED) is 0.803. The Morgan fingerprint density at radius 3 is 2.39 bits per heavy atom. The third-order valence-corrected chi connectivity index (χ3v) is 4.72. The molecule has 0 aromatic heterocycles. The highest BCUT2D eigenvalue weighted by Crippen LogP contribution is 2.34. The van der Waals surface area contributed by atoms with E-state index >= 15 is 0 Å². The van der Waals surface area contributed by atoms with Crippen LogP contribution in [0.1, 0.15) is 20.8 Å². The Morgan fingerprint density at radius 1 is 1.17 bits per heavy atom. The van der Waals surface area contributed by atoms with E-state index in [0.717, 1.165) is 0 Å². The molecule has 2 aromatic rings. The van der Waals surface area contributed by atoms with E-state index < -0.39 is 21.7 Å². The fourth-order valence-corrected chi connectivity index (χ4v) is 3.38. The van der Waals surface area contributed by atoms with E-state index in [2.05, 4.69) is 21.2 Å². The number of benzene rings is 2. The molecule has 8 heteroatoms. The second-order valence-electron chi connectivity index (χ2n) is 5.95. The van der Waals surface area contributed by atoms with Gasteiger partial charge in [0, 0.05) is 9.86 Å². The molecule has 0 aliphatic rings. The largest absolute Gasteiger partial charge is 0.444 e. The average molecular weight is 401 g/mol. The number of amides is 1. The first-order valence-electron chi connectivity index (χ1n) is 6.73. The Morgan fingerprint density at radius 2 is 1.83 bits per heavy atom. The van der Waals surface area contributed by atoms with Gasteiger partial charge < -0.3 is 4.74 Å². The second kappa shape index (κ2) is 6.10. The van der Waals surface area contributed by atoms with Crippen LogP contribution in [-0.2, 0) is 14.8 Å². The van der Waals surface area contributed by atoms with E-state index in [1.165, 1.54) is 6.07 Å². The number of halogens is 1. The number of hydrogen-bond donors (Lipinski definition) is 2. The van der Waals surface area contributed by atoms with Crippen LogP contribution in [0, 0.1) is 0 Å². The van der Waals surface area contributed by atoms with E-state index in [-0.39, 0.29) is 4.90 Å². The Balaban J connectivity index is 2.47. The zero-order valence-electron chi connectivity index (χ0n) is 12.9. The predicted octanol–water partition coefficient (Wildman–Crippen LogP) is 3.60. The molecule has 124 valence electrons. The molecule has 0 radical (unpaired) electrons. The van der Waals surface area contributed by atoms with Crippen LogP contribution in [0.3, 0.4) is 0 Å². The molecule has 0 heterocycles. The number of hydrogen-bond acceptors (Lipinski definition) is 4. The predicted molar refractivity (Wildman–Crippen MR) is 92.9 cm³/mol. The molecule has 0 aliphatic heterocycles. The van der Waals surface area contributed by atoms with Crippen molar-refractivity contribution in [3.05, 3.63) is 34.8 Å². The SMILES string of the molecule is CC(C)(C)OC(=O)Nc1ccc2c(S(N)(=O)=O)cccc2c1Br. The number of carbonyl (C=O) groups excluding carboxylic acids is 1. The number of carbonyl (C=O) groups is 1. The summed E-state index contributed by atoms with van der Waals surface area (Å²) in [5.74, 6) is 0. The maximum atomic E-state index is 11.9. The molecule has 0 spiro atoms. The summed E-state index contributed by atoms with van der Waals surface area (Å²) in [5.41, 5.74) is -0.146. The van der Waals surface area contributed by atoms with E-state index in [9.17, 15) is 13.2 Å². The highest BCUT2D eigenvalue weighted by atomic mass is 79.9. The average Bonchev–Trinajstić information content (AvgIpc) is 2.38. The minimum atomic E-state index is -3.84. The molecular weight excluding hydrogens is 384 g/mol. The van der Waals surface area contributed by atoms with Crippen molar-refractivity contribution >= 4 is 48.5 Å². The number of nitrogens with one attached hydrogen (secondary N) is 1. The Hall–Kier alpha value is -1.64. The van der Waals surface area contributed by atoms with Gasteiger partial charge in [0.2, 0.25) is 10.0 Å². The third-order valence-electron chi connectivity index (χ3n) is 2.90. The van der Waals surface area contributed by atoms with E-state index in [1.807, 2.05) is 0 Å². The Kier molecular flexibility index (Phi) is 4.70. The van der Waals surface area contributed by atoms with Crippen LogP contribution in [0.15, 0.2) is 39.7 Å². The van der Waals surface area contributed by atoms with Gasteiger partial charge >= 0.3 is 6.09 Å². The van der Waals surface area contributed by atoms with Gasteiger partial charge in [-0.1, -0.05) is 18.2 Å². The molecule has 0 aliphatic carbocycles. The molecule has 2 aromatic carbocycles. The molecular formula is C15H17BrN2O4S. The van der Waals surface area contributed by atoms with Crippen LogP contribution in [0.25, 0.3) is 10.8 Å². The van der Waals surface area contributed by atoms with Crippen LogP contribution < -0.4 is 10.5 Å². The smallest absolute Gasteiger partial charge is 0.412 e. The summed E-state index contributed by atoms with van der Waals surface area (Å²) in [6, 6.07) is 7.93. The lowest BCUT2D eigenvalue weighted by molar-refractivity contribution is 0.0636. The van der Waals surface area contributed by atoms with Gasteiger partial charge in [-0.25, -0.2) is 18.4 Å². The number of anilines is 1. The Labute approximate surface area is 143 Å². The van der Waals surface area contributed by atoms with Crippen molar-refractivity contribution in [2.45, 2.75) is 31.3 Å². The van der Waals surface area contributed by atoms with Crippen molar-refractivity contribution in [2.24, 2.45) is 5.14 Å².